The zero-order chi connectivity index (χ0) is 18.2. The Morgan fingerprint density at radius 1 is 0.846 bits per heavy atom. The van der Waals surface area contributed by atoms with Crippen molar-refractivity contribution < 1.29 is 4.79 Å². The molecule has 0 saturated heterocycles. The van der Waals surface area contributed by atoms with E-state index >= 15 is 0 Å². The fourth-order valence-electron chi connectivity index (χ4n) is 2.80. The minimum absolute atomic E-state index is 0.0607. The van der Waals surface area contributed by atoms with Crippen LogP contribution in [0.1, 0.15) is 22.0 Å². The Morgan fingerprint density at radius 3 is 1.96 bits per heavy atom. The SMILES string of the molecule is N#CSC(C(=O)c1ccccc1)C(Nc1ccccc1)c1ccccc1. The summed E-state index contributed by atoms with van der Waals surface area (Å²) in [6.07, 6.45) is 0. The summed E-state index contributed by atoms with van der Waals surface area (Å²) in [5.41, 5.74) is 2.48. The minimum Gasteiger partial charge on any atom is -0.377 e. The molecule has 2 unspecified atom stereocenters. The molecule has 3 aromatic rings. The van der Waals surface area contributed by atoms with Crippen molar-refractivity contribution in [2.75, 3.05) is 5.32 Å². The van der Waals surface area contributed by atoms with Gasteiger partial charge in [0.05, 0.1) is 6.04 Å². The smallest absolute Gasteiger partial charge is 0.179 e. The van der Waals surface area contributed by atoms with Crippen LogP contribution in [0.15, 0.2) is 91.0 Å². The van der Waals surface area contributed by atoms with Crippen LogP contribution in [0.5, 0.6) is 0 Å². The van der Waals surface area contributed by atoms with Gasteiger partial charge in [-0.2, -0.15) is 5.26 Å². The van der Waals surface area contributed by atoms with Crippen molar-refractivity contribution in [1.29, 1.82) is 5.26 Å². The normalized spacial score (nSPS) is 12.6. The minimum atomic E-state index is -0.565. The third-order valence-electron chi connectivity index (χ3n) is 4.05. The molecule has 3 rings (SSSR count). The number of para-hydroxylation sites is 1. The van der Waals surface area contributed by atoms with Crippen LogP contribution in [0, 0.1) is 10.7 Å². The lowest BCUT2D eigenvalue weighted by atomic mass is 9.97. The molecule has 2 atom stereocenters. The van der Waals surface area contributed by atoms with E-state index in [4.69, 9.17) is 0 Å². The van der Waals surface area contributed by atoms with Crippen LogP contribution < -0.4 is 5.32 Å². The van der Waals surface area contributed by atoms with Gasteiger partial charge in [0.1, 0.15) is 10.7 Å². The molecule has 0 aliphatic rings. The summed E-state index contributed by atoms with van der Waals surface area (Å²) in [7, 11) is 0. The van der Waals surface area contributed by atoms with E-state index < -0.39 is 5.25 Å². The van der Waals surface area contributed by atoms with Crippen LogP contribution in [-0.4, -0.2) is 11.0 Å². The summed E-state index contributed by atoms with van der Waals surface area (Å²) in [5, 5.41) is 14.3. The molecule has 1 N–H and O–H groups in total. The second-order valence-corrected chi connectivity index (χ2v) is 6.68. The van der Waals surface area contributed by atoms with Gasteiger partial charge in [-0.05, 0) is 29.5 Å². The molecule has 0 fully saturated rings. The second-order valence-electron chi connectivity index (χ2n) is 5.76. The van der Waals surface area contributed by atoms with Gasteiger partial charge in [-0.15, -0.1) is 0 Å². The highest BCUT2D eigenvalue weighted by molar-refractivity contribution is 8.05. The third-order valence-corrected chi connectivity index (χ3v) is 4.90. The predicted octanol–water partition coefficient (Wildman–Crippen LogP) is 5.31. The number of anilines is 1. The molecule has 0 aromatic heterocycles. The van der Waals surface area contributed by atoms with Gasteiger partial charge < -0.3 is 5.32 Å². The lowest BCUT2D eigenvalue weighted by Crippen LogP contribution is -2.30. The number of ketones is 1. The monoisotopic (exact) mass is 358 g/mol. The number of hydrogen-bond donors (Lipinski definition) is 1. The highest BCUT2D eigenvalue weighted by Gasteiger charge is 2.31. The average molecular weight is 358 g/mol. The van der Waals surface area contributed by atoms with Gasteiger partial charge in [0, 0.05) is 11.3 Å². The van der Waals surface area contributed by atoms with Crippen molar-refractivity contribution in [2.24, 2.45) is 0 Å². The first kappa shape index (κ1) is 17.8. The average Bonchev–Trinajstić information content (AvgIpc) is 2.72. The number of thiocyanates is 1. The maximum Gasteiger partial charge on any atom is 0.179 e. The fourth-order valence-corrected chi connectivity index (χ4v) is 3.52. The number of carbonyl (C=O) groups is 1. The number of thioether (sulfide) groups is 1. The summed E-state index contributed by atoms with van der Waals surface area (Å²) in [4.78, 5) is 13.1. The Labute approximate surface area is 157 Å². The molecule has 0 radical (unpaired) electrons. The first-order valence-electron chi connectivity index (χ1n) is 8.30. The summed E-state index contributed by atoms with van der Waals surface area (Å²) in [6.45, 7) is 0. The zero-order valence-electron chi connectivity index (χ0n) is 14.1. The molecular weight excluding hydrogens is 340 g/mol. The molecule has 3 aromatic carbocycles. The van der Waals surface area contributed by atoms with Crippen LogP contribution in [0.3, 0.4) is 0 Å². The molecule has 0 aliphatic heterocycles. The number of nitriles is 1. The molecule has 0 saturated carbocycles. The van der Waals surface area contributed by atoms with Gasteiger partial charge >= 0.3 is 0 Å². The number of rotatable bonds is 7. The standard InChI is InChI=1S/C22H18N2OS/c23-16-26-22(21(25)18-12-6-2-7-13-18)20(17-10-4-1-5-11-17)24-19-14-8-3-9-15-19/h1-15,20,22,24H. The fraction of sp³-hybridized carbons (Fsp3) is 0.0909. The van der Waals surface area contributed by atoms with Gasteiger partial charge in [0.2, 0.25) is 0 Å². The maximum absolute atomic E-state index is 13.1. The van der Waals surface area contributed by atoms with E-state index in [1.54, 1.807) is 12.1 Å². The molecule has 4 heteroatoms. The van der Waals surface area contributed by atoms with Crippen molar-refractivity contribution in [3.63, 3.8) is 0 Å². The van der Waals surface area contributed by atoms with Crippen LogP contribution >= 0.6 is 11.8 Å². The zero-order valence-corrected chi connectivity index (χ0v) is 14.9. The summed E-state index contributed by atoms with van der Waals surface area (Å²) >= 11 is 0.995. The maximum atomic E-state index is 13.1. The van der Waals surface area contributed by atoms with Gasteiger partial charge in [0.25, 0.3) is 0 Å². The highest BCUT2D eigenvalue weighted by Crippen LogP contribution is 2.32. The van der Waals surface area contributed by atoms with Crippen molar-refractivity contribution in [3.05, 3.63) is 102 Å². The molecule has 0 aliphatic carbocycles. The molecule has 3 nitrogen and oxygen atoms in total. The Hall–Kier alpha value is -3.03. The number of nitrogens with zero attached hydrogens (tertiary/aromatic N) is 1. The quantitative estimate of drug-likeness (QED) is 0.460. The van der Waals surface area contributed by atoms with E-state index in [0.717, 1.165) is 23.0 Å². The number of benzene rings is 3. The van der Waals surface area contributed by atoms with Crippen LogP contribution in [0.4, 0.5) is 5.69 Å². The van der Waals surface area contributed by atoms with E-state index in [0.29, 0.717) is 5.56 Å². The number of nitrogens with one attached hydrogen (secondary N) is 1. The lowest BCUT2D eigenvalue weighted by Gasteiger charge is -2.26. The molecule has 128 valence electrons. The van der Waals surface area contributed by atoms with Gasteiger partial charge in [-0.1, -0.05) is 78.9 Å². The summed E-state index contributed by atoms with van der Waals surface area (Å²) in [6, 6.07) is 28.3. The van der Waals surface area contributed by atoms with E-state index in [1.165, 1.54) is 0 Å². The molecule has 0 spiro atoms. The molecule has 0 bridgehead atoms. The lowest BCUT2D eigenvalue weighted by molar-refractivity contribution is 0.0983. The number of carbonyl (C=O) groups excluding carboxylic acids is 1. The Morgan fingerprint density at radius 2 is 1.38 bits per heavy atom. The summed E-state index contributed by atoms with van der Waals surface area (Å²) in [5.74, 6) is -0.0607. The number of Topliss-reactive ketones (excluding diaryl/α,β-unsaturated/α-hetero) is 1. The molecule has 0 amide bonds. The Balaban J connectivity index is 1.99. The van der Waals surface area contributed by atoms with Crippen molar-refractivity contribution in [3.8, 4) is 5.40 Å². The van der Waals surface area contributed by atoms with Gasteiger partial charge in [-0.3, -0.25) is 4.79 Å². The molecule has 26 heavy (non-hydrogen) atoms. The van der Waals surface area contributed by atoms with E-state index in [-0.39, 0.29) is 11.8 Å². The van der Waals surface area contributed by atoms with E-state index in [9.17, 15) is 10.1 Å². The largest absolute Gasteiger partial charge is 0.377 e. The van der Waals surface area contributed by atoms with Crippen molar-refractivity contribution in [2.45, 2.75) is 11.3 Å². The predicted molar refractivity (Wildman–Crippen MR) is 107 cm³/mol. The van der Waals surface area contributed by atoms with Crippen molar-refractivity contribution in [1.82, 2.24) is 0 Å². The topological polar surface area (TPSA) is 52.9 Å². The van der Waals surface area contributed by atoms with Crippen LogP contribution in [0.2, 0.25) is 0 Å². The van der Waals surface area contributed by atoms with E-state index in [2.05, 4.69) is 10.7 Å². The van der Waals surface area contributed by atoms with Crippen LogP contribution in [-0.2, 0) is 0 Å². The van der Waals surface area contributed by atoms with Gasteiger partial charge in [-0.25, -0.2) is 0 Å². The van der Waals surface area contributed by atoms with Gasteiger partial charge in [0.15, 0.2) is 5.78 Å². The third kappa shape index (κ3) is 4.33. The summed E-state index contributed by atoms with van der Waals surface area (Å²) < 4.78 is 0. The van der Waals surface area contributed by atoms with Crippen molar-refractivity contribution >= 4 is 23.2 Å². The number of hydrogen-bond acceptors (Lipinski definition) is 4. The van der Waals surface area contributed by atoms with E-state index in [1.807, 2.05) is 78.9 Å². The first-order valence-corrected chi connectivity index (χ1v) is 9.18. The van der Waals surface area contributed by atoms with Crippen LogP contribution in [0.25, 0.3) is 0 Å². The Bertz CT molecular complexity index is 876. The second kappa shape index (κ2) is 8.89. The highest BCUT2D eigenvalue weighted by atomic mass is 32.2. The first-order chi connectivity index (χ1) is 12.8. The molecular formula is C22H18N2OS. The molecule has 0 heterocycles. The Kier molecular flexibility index (Phi) is 6.08.